The molecule has 1 aromatic carbocycles. The summed E-state index contributed by atoms with van der Waals surface area (Å²) in [4.78, 5) is 11.4. The van der Waals surface area contributed by atoms with Crippen LogP contribution in [0.4, 0.5) is 5.82 Å². The van der Waals surface area contributed by atoms with Crippen LogP contribution in [0, 0.1) is 0 Å². The first-order valence-corrected chi connectivity index (χ1v) is 10.4. The Morgan fingerprint density at radius 1 is 1.07 bits per heavy atom. The van der Waals surface area contributed by atoms with E-state index in [-0.39, 0.29) is 18.9 Å². The Morgan fingerprint density at radius 3 is 2.62 bits per heavy atom. The molecule has 2 saturated heterocycles. The first-order chi connectivity index (χ1) is 14.2. The van der Waals surface area contributed by atoms with E-state index in [0.29, 0.717) is 23.9 Å². The highest BCUT2D eigenvalue weighted by Crippen LogP contribution is 2.37. The van der Waals surface area contributed by atoms with Crippen molar-refractivity contribution in [1.29, 1.82) is 0 Å². The minimum atomic E-state index is -0.357. The highest BCUT2D eigenvalue weighted by molar-refractivity contribution is 6.31. The van der Waals surface area contributed by atoms with E-state index < -0.39 is 0 Å². The van der Waals surface area contributed by atoms with Crippen LogP contribution >= 0.6 is 11.6 Å². The average Bonchev–Trinajstić information content (AvgIpc) is 3.35. The second-order valence-electron chi connectivity index (χ2n) is 7.84. The summed E-state index contributed by atoms with van der Waals surface area (Å²) in [6.45, 7) is 6.11. The number of hydrogen-bond acceptors (Lipinski definition) is 7. The summed E-state index contributed by atoms with van der Waals surface area (Å²) < 4.78 is 10.9. The molecular formula is C21H25ClN4O3. The minimum absolute atomic E-state index is 0.147. The Kier molecular flexibility index (Phi) is 5.22. The minimum Gasteiger partial charge on any atom is -0.454 e. The zero-order valence-electron chi connectivity index (χ0n) is 16.2. The molecule has 1 N–H and O–H groups in total. The van der Waals surface area contributed by atoms with Crippen LogP contribution in [0.25, 0.3) is 0 Å². The van der Waals surface area contributed by atoms with Crippen molar-refractivity contribution in [1.82, 2.24) is 14.8 Å². The third kappa shape index (κ3) is 3.88. The number of halogens is 1. The van der Waals surface area contributed by atoms with Crippen LogP contribution in [0.5, 0.6) is 11.5 Å². The van der Waals surface area contributed by atoms with Gasteiger partial charge in [-0.2, -0.15) is 0 Å². The molecule has 0 amide bonds. The predicted octanol–water partition coefficient (Wildman–Crippen LogP) is 1.83. The van der Waals surface area contributed by atoms with Gasteiger partial charge < -0.3 is 19.5 Å². The summed E-state index contributed by atoms with van der Waals surface area (Å²) in [5, 5.41) is 11.4. The van der Waals surface area contributed by atoms with Gasteiger partial charge in [0.1, 0.15) is 5.82 Å². The number of anilines is 1. The van der Waals surface area contributed by atoms with E-state index in [1.54, 1.807) is 0 Å². The number of aromatic nitrogens is 1. The van der Waals surface area contributed by atoms with Crippen LogP contribution in [0.2, 0.25) is 5.02 Å². The topological polar surface area (TPSA) is 61.3 Å². The third-order valence-electron chi connectivity index (χ3n) is 6.03. The maximum Gasteiger partial charge on any atom is 0.231 e. The number of fused-ring (bicyclic) bond motifs is 1. The van der Waals surface area contributed by atoms with Gasteiger partial charge in [-0.1, -0.05) is 17.7 Å². The van der Waals surface area contributed by atoms with Crippen molar-refractivity contribution in [2.45, 2.75) is 18.7 Å². The van der Waals surface area contributed by atoms with Crippen LogP contribution < -0.4 is 14.4 Å². The molecule has 7 nitrogen and oxygen atoms in total. The van der Waals surface area contributed by atoms with Crippen LogP contribution in [0.3, 0.4) is 0 Å². The summed E-state index contributed by atoms with van der Waals surface area (Å²) in [5.74, 6) is 2.47. The van der Waals surface area contributed by atoms with Crippen molar-refractivity contribution in [2.75, 3.05) is 51.0 Å². The molecule has 3 aliphatic rings. The fourth-order valence-corrected chi connectivity index (χ4v) is 4.69. The van der Waals surface area contributed by atoms with E-state index in [0.717, 1.165) is 49.9 Å². The number of piperazine rings is 1. The average molecular weight is 417 g/mol. The maximum absolute atomic E-state index is 10.7. The van der Waals surface area contributed by atoms with Crippen molar-refractivity contribution in [3.05, 3.63) is 47.1 Å². The number of rotatable bonds is 4. The lowest BCUT2D eigenvalue weighted by Gasteiger charge is -2.39. The number of β-amino-alcohol motifs (C(OH)–C–C–N with tert-alkyl or cyclic N) is 1. The lowest BCUT2D eigenvalue weighted by molar-refractivity contribution is 0.0790. The van der Waals surface area contributed by atoms with Crippen LogP contribution in [-0.2, 0) is 6.54 Å². The summed E-state index contributed by atoms with van der Waals surface area (Å²) in [5.41, 5.74) is 1.00. The number of likely N-dealkylation sites (tertiary alicyclic amines) is 1. The summed E-state index contributed by atoms with van der Waals surface area (Å²) >= 11 is 6.44. The highest BCUT2D eigenvalue weighted by atomic mass is 35.5. The molecule has 0 spiro atoms. The van der Waals surface area contributed by atoms with Crippen molar-refractivity contribution in [2.24, 2.45) is 0 Å². The van der Waals surface area contributed by atoms with E-state index in [1.165, 1.54) is 0 Å². The largest absolute Gasteiger partial charge is 0.454 e. The first-order valence-electron chi connectivity index (χ1n) is 10.1. The molecule has 0 bridgehead atoms. The van der Waals surface area contributed by atoms with Crippen molar-refractivity contribution in [3.63, 3.8) is 0 Å². The van der Waals surface area contributed by atoms with E-state index in [2.05, 4.69) is 25.8 Å². The van der Waals surface area contributed by atoms with Gasteiger partial charge in [0.05, 0.1) is 6.10 Å². The molecule has 8 heteroatoms. The molecule has 2 fully saturated rings. The molecule has 0 unspecified atom stereocenters. The van der Waals surface area contributed by atoms with Crippen molar-refractivity contribution in [3.8, 4) is 11.5 Å². The Labute approximate surface area is 175 Å². The maximum atomic E-state index is 10.7. The molecular weight excluding hydrogens is 392 g/mol. The molecule has 4 heterocycles. The van der Waals surface area contributed by atoms with Gasteiger partial charge in [-0.15, -0.1) is 0 Å². The number of hydrogen-bond donors (Lipinski definition) is 1. The molecule has 2 aromatic rings. The van der Waals surface area contributed by atoms with Gasteiger partial charge in [-0.3, -0.25) is 9.80 Å². The molecule has 0 saturated carbocycles. The fourth-order valence-electron chi connectivity index (χ4n) is 4.48. The van der Waals surface area contributed by atoms with E-state index in [1.807, 2.05) is 30.5 Å². The third-order valence-corrected chi connectivity index (χ3v) is 6.38. The van der Waals surface area contributed by atoms with Crippen molar-refractivity contribution < 1.29 is 14.6 Å². The first kappa shape index (κ1) is 18.9. The molecule has 2 atom stereocenters. The van der Waals surface area contributed by atoms with E-state index >= 15 is 0 Å². The Bertz CT molecular complexity index is 861. The number of ether oxygens (including phenoxy) is 2. The number of pyridine rings is 1. The standard InChI is InChI=1S/C21H25ClN4O3/c22-16-10-20-19(28-14-29-20)9-15(16)11-24-12-17(18(27)13-24)25-5-7-26(8-6-25)21-3-1-2-4-23-21/h1-4,9-10,17-18,27H,5-8,11-14H2/t17-,18-/m0/s1. The fraction of sp³-hybridized carbons (Fsp3) is 0.476. The molecule has 0 aliphatic carbocycles. The molecule has 1 aromatic heterocycles. The quantitative estimate of drug-likeness (QED) is 0.815. The van der Waals surface area contributed by atoms with Gasteiger partial charge in [0.15, 0.2) is 11.5 Å². The smallest absolute Gasteiger partial charge is 0.231 e. The van der Waals surface area contributed by atoms with Gasteiger partial charge in [0.2, 0.25) is 6.79 Å². The molecule has 0 radical (unpaired) electrons. The monoisotopic (exact) mass is 416 g/mol. The summed E-state index contributed by atoms with van der Waals surface area (Å²) in [6.07, 6.45) is 1.48. The molecule has 154 valence electrons. The zero-order chi connectivity index (χ0) is 19.8. The van der Waals surface area contributed by atoms with Crippen LogP contribution in [-0.4, -0.2) is 78.1 Å². The van der Waals surface area contributed by atoms with Crippen LogP contribution in [0.1, 0.15) is 5.56 Å². The Hall–Kier alpha value is -2.06. The second-order valence-corrected chi connectivity index (χ2v) is 8.24. The zero-order valence-corrected chi connectivity index (χ0v) is 17.0. The SMILES string of the molecule is O[C@H]1CN(Cc2cc3c(cc2Cl)OCO3)C[C@@H]1N1CCN(c2ccccn2)CC1. The van der Waals surface area contributed by atoms with Crippen molar-refractivity contribution >= 4 is 17.4 Å². The second kappa shape index (κ2) is 7.99. The number of benzene rings is 1. The Morgan fingerprint density at radius 2 is 1.86 bits per heavy atom. The lowest BCUT2D eigenvalue weighted by atomic mass is 10.1. The van der Waals surface area contributed by atoms with Crippen LogP contribution in [0.15, 0.2) is 36.5 Å². The molecule has 29 heavy (non-hydrogen) atoms. The molecule has 5 rings (SSSR count). The number of aliphatic hydroxyl groups excluding tert-OH is 1. The van der Waals surface area contributed by atoms with Gasteiger partial charge in [0.25, 0.3) is 0 Å². The Balaban J connectivity index is 1.20. The van der Waals surface area contributed by atoms with Gasteiger partial charge >= 0.3 is 0 Å². The van der Waals surface area contributed by atoms with E-state index in [9.17, 15) is 5.11 Å². The highest BCUT2D eigenvalue weighted by Gasteiger charge is 2.37. The lowest BCUT2D eigenvalue weighted by Crippen LogP contribution is -2.53. The predicted molar refractivity (Wildman–Crippen MR) is 111 cm³/mol. The van der Waals surface area contributed by atoms with Gasteiger partial charge in [-0.05, 0) is 23.8 Å². The van der Waals surface area contributed by atoms with E-state index in [4.69, 9.17) is 21.1 Å². The van der Waals surface area contributed by atoms with Gasteiger partial charge in [-0.25, -0.2) is 4.98 Å². The normalized spacial score (nSPS) is 25.0. The summed E-state index contributed by atoms with van der Waals surface area (Å²) in [6, 6.07) is 9.94. The summed E-state index contributed by atoms with van der Waals surface area (Å²) in [7, 11) is 0. The van der Waals surface area contributed by atoms with Gasteiger partial charge in [0, 0.05) is 69.1 Å². The number of aliphatic hydroxyl groups is 1. The number of nitrogens with zero attached hydrogens (tertiary/aromatic N) is 4. The molecule has 3 aliphatic heterocycles.